The molecule has 0 aliphatic carbocycles. The number of rotatable bonds is 5. The highest BCUT2D eigenvalue weighted by Crippen LogP contribution is 2.27. The molecule has 2 fully saturated rings. The van der Waals surface area contributed by atoms with E-state index in [2.05, 4.69) is 14.8 Å². The number of ether oxygens (including phenoxy) is 1. The van der Waals surface area contributed by atoms with Crippen LogP contribution in [0.2, 0.25) is 0 Å². The second-order valence-corrected chi connectivity index (χ2v) is 7.75. The van der Waals surface area contributed by atoms with Gasteiger partial charge in [-0.1, -0.05) is 12.1 Å². The van der Waals surface area contributed by atoms with Crippen molar-refractivity contribution in [3.8, 4) is 0 Å². The number of carbonyl (C=O) groups excluding carboxylic acids is 2. The zero-order chi connectivity index (χ0) is 21.8. The Kier molecular flexibility index (Phi) is 6.46. The fraction of sp³-hybridized carbons (Fsp3) is 0.435. The maximum Gasteiger partial charge on any atom is 0.339 e. The molecule has 31 heavy (non-hydrogen) atoms. The van der Waals surface area contributed by atoms with E-state index < -0.39 is 0 Å². The Morgan fingerprint density at radius 2 is 1.97 bits per heavy atom. The van der Waals surface area contributed by atoms with E-state index in [9.17, 15) is 14.0 Å². The Balaban J connectivity index is 1.39. The van der Waals surface area contributed by atoms with E-state index in [4.69, 9.17) is 4.74 Å². The third-order valence-corrected chi connectivity index (χ3v) is 5.87. The first-order chi connectivity index (χ1) is 15.1. The zero-order valence-electron chi connectivity index (χ0n) is 17.7. The fourth-order valence-corrected chi connectivity index (χ4v) is 4.30. The molecule has 4 rings (SSSR count). The molecule has 0 spiro atoms. The Hall–Kier alpha value is -3.00. The second-order valence-electron chi connectivity index (χ2n) is 7.75. The molecule has 0 radical (unpaired) electrons. The molecule has 1 amide bonds. The van der Waals surface area contributed by atoms with Crippen LogP contribution in [-0.2, 0) is 9.53 Å². The smallest absolute Gasteiger partial charge is 0.339 e. The van der Waals surface area contributed by atoms with Gasteiger partial charge < -0.3 is 14.5 Å². The number of nitrogens with zero attached hydrogens (tertiary/aromatic N) is 4. The zero-order valence-corrected chi connectivity index (χ0v) is 17.7. The van der Waals surface area contributed by atoms with Crippen LogP contribution in [0, 0.1) is 5.82 Å². The lowest BCUT2D eigenvalue weighted by atomic mass is 10.2. The van der Waals surface area contributed by atoms with E-state index in [1.165, 1.54) is 6.07 Å². The number of amides is 1. The fourth-order valence-electron chi connectivity index (χ4n) is 4.30. The van der Waals surface area contributed by atoms with Crippen molar-refractivity contribution in [1.29, 1.82) is 0 Å². The Morgan fingerprint density at radius 1 is 1.13 bits per heavy atom. The van der Waals surface area contributed by atoms with Crippen molar-refractivity contribution < 1.29 is 18.7 Å². The first kappa shape index (κ1) is 21.2. The third kappa shape index (κ3) is 4.54. The van der Waals surface area contributed by atoms with Gasteiger partial charge in [-0.15, -0.1) is 0 Å². The van der Waals surface area contributed by atoms with Crippen LogP contribution in [0.3, 0.4) is 0 Å². The number of benzene rings is 1. The number of aromatic nitrogens is 1. The van der Waals surface area contributed by atoms with Gasteiger partial charge in [-0.25, -0.2) is 14.2 Å². The number of anilines is 2. The standard InChI is InChI=1S/C23H27FN4O3/c1-2-31-23(30)17-8-9-21(25-16-17)27-12-5-11-26(14-15-27)20-10-13-28(22(20)29)19-7-4-3-6-18(19)24/h3-4,6-9,16,20H,2,5,10-15H2,1H3. The molecule has 0 saturated carbocycles. The summed E-state index contributed by atoms with van der Waals surface area (Å²) in [5, 5.41) is 0. The Bertz CT molecular complexity index is 937. The Labute approximate surface area is 181 Å². The van der Waals surface area contributed by atoms with E-state index in [0.29, 0.717) is 30.8 Å². The van der Waals surface area contributed by atoms with Crippen LogP contribution in [0.4, 0.5) is 15.9 Å². The average molecular weight is 426 g/mol. The van der Waals surface area contributed by atoms with Crippen molar-refractivity contribution in [3.63, 3.8) is 0 Å². The predicted molar refractivity (Wildman–Crippen MR) is 116 cm³/mol. The molecule has 0 bridgehead atoms. The maximum atomic E-state index is 14.2. The van der Waals surface area contributed by atoms with Gasteiger partial charge in [0.2, 0.25) is 5.91 Å². The van der Waals surface area contributed by atoms with Crippen LogP contribution < -0.4 is 9.80 Å². The second kappa shape index (κ2) is 9.43. The predicted octanol–water partition coefficient (Wildman–Crippen LogP) is 2.72. The number of hydrogen-bond acceptors (Lipinski definition) is 6. The monoisotopic (exact) mass is 426 g/mol. The molecule has 0 N–H and O–H groups in total. The normalized spacial score (nSPS) is 20.1. The maximum absolute atomic E-state index is 14.2. The van der Waals surface area contributed by atoms with Crippen LogP contribution in [-0.4, -0.2) is 67.1 Å². The van der Waals surface area contributed by atoms with Gasteiger partial charge in [-0.3, -0.25) is 9.69 Å². The lowest BCUT2D eigenvalue weighted by Crippen LogP contribution is -2.44. The highest BCUT2D eigenvalue weighted by atomic mass is 19.1. The van der Waals surface area contributed by atoms with Gasteiger partial charge >= 0.3 is 5.97 Å². The van der Waals surface area contributed by atoms with Crippen molar-refractivity contribution in [2.24, 2.45) is 0 Å². The molecule has 1 aromatic carbocycles. The Morgan fingerprint density at radius 3 is 2.71 bits per heavy atom. The third-order valence-electron chi connectivity index (χ3n) is 5.87. The van der Waals surface area contributed by atoms with Crippen LogP contribution in [0.25, 0.3) is 0 Å². The van der Waals surface area contributed by atoms with Gasteiger partial charge in [0.15, 0.2) is 0 Å². The molecule has 2 aromatic rings. The first-order valence-electron chi connectivity index (χ1n) is 10.8. The van der Waals surface area contributed by atoms with Crippen molar-refractivity contribution in [3.05, 3.63) is 54.0 Å². The highest BCUT2D eigenvalue weighted by molar-refractivity contribution is 5.99. The molecule has 164 valence electrons. The number of para-hydroxylation sites is 1. The number of esters is 1. The highest BCUT2D eigenvalue weighted by Gasteiger charge is 2.38. The molecule has 2 saturated heterocycles. The molecule has 8 heteroatoms. The SMILES string of the molecule is CCOC(=O)c1ccc(N2CCCN(C3CCN(c4ccccc4F)C3=O)CC2)nc1. The van der Waals surface area contributed by atoms with E-state index in [0.717, 1.165) is 38.4 Å². The van der Waals surface area contributed by atoms with Gasteiger partial charge in [0, 0.05) is 38.9 Å². The van der Waals surface area contributed by atoms with Gasteiger partial charge in [-0.05, 0) is 44.0 Å². The summed E-state index contributed by atoms with van der Waals surface area (Å²) in [6.07, 6.45) is 3.13. The van der Waals surface area contributed by atoms with E-state index in [-0.39, 0.29) is 23.7 Å². The summed E-state index contributed by atoms with van der Waals surface area (Å²) in [5.41, 5.74) is 0.796. The van der Waals surface area contributed by atoms with Crippen molar-refractivity contribution >= 4 is 23.4 Å². The summed E-state index contributed by atoms with van der Waals surface area (Å²) in [4.78, 5) is 35.2. The minimum atomic E-state index is -0.372. The summed E-state index contributed by atoms with van der Waals surface area (Å²) in [5.74, 6) is 0.0368. The van der Waals surface area contributed by atoms with Crippen molar-refractivity contribution in [2.75, 3.05) is 49.1 Å². The molecule has 2 aliphatic rings. The van der Waals surface area contributed by atoms with E-state index >= 15 is 0 Å². The number of pyridine rings is 1. The minimum absolute atomic E-state index is 0.0320. The van der Waals surface area contributed by atoms with Gasteiger partial charge in [0.05, 0.1) is 23.9 Å². The summed E-state index contributed by atoms with van der Waals surface area (Å²) in [6, 6.07) is 9.78. The van der Waals surface area contributed by atoms with Crippen LogP contribution >= 0.6 is 0 Å². The average Bonchev–Trinajstić information content (AvgIpc) is 3.00. The topological polar surface area (TPSA) is 66.0 Å². The summed E-state index contributed by atoms with van der Waals surface area (Å²) in [7, 11) is 0. The van der Waals surface area contributed by atoms with Gasteiger partial charge in [0.25, 0.3) is 0 Å². The molecule has 3 heterocycles. The van der Waals surface area contributed by atoms with Gasteiger partial charge in [-0.2, -0.15) is 0 Å². The van der Waals surface area contributed by atoms with Crippen LogP contribution in [0.5, 0.6) is 0 Å². The van der Waals surface area contributed by atoms with Crippen molar-refractivity contribution in [1.82, 2.24) is 9.88 Å². The van der Waals surface area contributed by atoms with Gasteiger partial charge in [0.1, 0.15) is 11.6 Å². The number of hydrogen-bond donors (Lipinski definition) is 0. The minimum Gasteiger partial charge on any atom is -0.462 e. The molecular weight excluding hydrogens is 399 g/mol. The lowest BCUT2D eigenvalue weighted by molar-refractivity contribution is -0.121. The quantitative estimate of drug-likeness (QED) is 0.685. The number of halogens is 1. The summed E-state index contributed by atoms with van der Waals surface area (Å²) in [6.45, 7) is 5.71. The molecular formula is C23H27FN4O3. The molecule has 7 nitrogen and oxygen atoms in total. The summed E-state index contributed by atoms with van der Waals surface area (Å²) < 4.78 is 19.2. The van der Waals surface area contributed by atoms with Crippen molar-refractivity contribution in [2.45, 2.75) is 25.8 Å². The largest absolute Gasteiger partial charge is 0.462 e. The summed E-state index contributed by atoms with van der Waals surface area (Å²) >= 11 is 0. The van der Waals surface area contributed by atoms with Crippen LogP contribution in [0.15, 0.2) is 42.6 Å². The lowest BCUT2D eigenvalue weighted by Gasteiger charge is -2.27. The molecule has 1 atom stereocenters. The number of carbonyl (C=O) groups is 2. The van der Waals surface area contributed by atoms with E-state index in [1.54, 1.807) is 42.3 Å². The molecule has 1 aromatic heterocycles. The molecule has 2 aliphatic heterocycles. The van der Waals surface area contributed by atoms with Crippen LogP contribution in [0.1, 0.15) is 30.1 Å². The molecule has 1 unspecified atom stereocenters. The first-order valence-corrected chi connectivity index (χ1v) is 10.8. The van der Waals surface area contributed by atoms with E-state index in [1.807, 2.05) is 6.07 Å².